The van der Waals surface area contributed by atoms with Crippen molar-refractivity contribution in [2.45, 2.75) is 25.7 Å². The van der Waals surface area contributed by atoms with Gasteiger partial charge in [0.2, 0.25) is 0 Å². The normalized spacial score (nSPS) is 14.4. The Morgan fingerprint density at radius 2 is 1.93 bits per heavy atom. The third-order valence-electron chi connectivity index (χ3n) is 5.19. The number of anilines is 1. The highest BCUT2D eigenvalue weighted by Gasteiger charge is 2.21. The summed E-state index contributed by atoms with van der Waals surface area (Å²) < 4.78 is 19.7. The predicted molar refractivity (Wildman–Crippen MR) is 105 cm³/mol. The number of halogens is 1. The SMILES string of the molecule is Fc1ccc(-c2oc3cc4c(cc3c2-c2ncc[nH]2)CCCCCN4)cc1. The van der Waals surface area contributed by atoms with Crippen LogP contribution in [-0.4, -0.2) is 16.5 Å². The zero-order chi connectivity index (χ0) is 18.2. The van der Waals surface area contributed by atoms with Crippen molar-refractivity contribution >= 4 is 16.7 Å². The Labute approximate surface area is 156 Å². The van der Waals surface area contributed by atoms with Crippen LogP contribution in [-0.2, 0) is 6.42 Å². The Morgan fingerprint density at radius 1 is 1.04 bits per heavy atom. The van der Waals surface area contributed by atoms with Crippen molar-refractivity contribution < 1.29 is 8.81 Å². The zero-order valence-corrected chi connectivity index (χ0v) is 14.9. The van der Waals surface area contributed by atoms with Gasteiger partial charge in [-0.1, -0.05) is 6.42 Å². The topological polar surface area (TPSA) is 53.9 Å². The lowest BCUT2D eigenvalue weighted by molar-refractivity contribution is 0.623. The first-order valence-corrected chi connectivity index (χ1v) is 9.38. The molecule has 3 heterocycles. The summed E-state index contributed by atoms with van der Waals surface area (Å²) in [6.07, 6.45) is 8.21. The summed E-state index contributed by atoms with van der Waals surface area (Å²) >= 11 is 0. The van der Waals surface area contributed by atoms with Crippen LogP contribution in [0.4, 0.5) is 10.1 Å². The fraction of sp³-hybridized carbons (Fsp3) is 0.227. The average molecular weight is 361 g/mol. The molecule has 136 valence electrons. The van der Waals surface area contributed by atoms with E-state index in [1.54, 1.807) is 24.5 Å². The number of furan rings is 1. The van der Waals surface area contributed by atoms with Gasteiger partial charge in [-0.3, -0.25) is 0 Å². The maximum Gasteiger partial charge on any atom is 0.146 e. The Kier molecular flexibility index (Phi) is 3.93. The van der Waals surface area contributed by atoms with Crippen LogP contribution >= 0.6 is 0 Å². The fourth-order valence-corrected chi connectivity index (χ4v) is 3.84. The molecule has 0 radical (unpaired) electrons. The van der Waals surface area contributed by atoms with E-state index in [1.165, 1.54) is 37.0 Å². The van der Waals surface area contributed by atoms with Gasteiger partial charge in [-0.25, -0.2) is 9.37 Å². The molecule has 0 atom stereocenters. The minimum absolute atomic E-state index is 0.262. The average Bonchev–Trinajstić information content (AvgIpc) is 3.29. The van der Waals surface area contributed by atoms with Crippen molar-refractivity contribution in [1.82, 2.24) is 9.97 Å². The minimum atomic E-state index is -0.262. The number of benzene rings is 2. The van der Waals surface area contributed by atoms with Gasteiger partial charge in [-0.05, 0) is 55.2 Å². The number of H-pyrrole nitrogens is 1. The van der Waals surface area contributed by atoms with Gasteiger partial charge in [0.15, 0.2) is 0 Å². The van der Waals surface area contributed by atoms with Crippen LogP contribution in [0.1, 0.15) is 24.8 Å². The third-order valence-corrected chi connectivity index (χ3v) is 5.19. The third kappa shape index (κ3) is 2.89. The van der Waals surface area contributed by atoms with Gasteiger partial charge in [-0.2, -0.15) is 0 Å². The molecule has 1 aliphatic rings. The van der Waals surface area contributed by atoms with Crippen LogP contribution in [0, 0.1) is 5.82 Å². The van der Waals surface area contributed by atoms with Crippen LogP contribution in [0.5, 0.6) is 0 Å². The molecule has 2 N–H and O–H groups in total. The van der Waals surface area contributed by atoms with Crippen molar-refractivity contribution in [3.05, 3.63) is 60.2 Å². The van der Waals surface area contributed by atoms with Gasteiger partial charge in [0.25, 0.3) is 0 Å². The summed E-state index contributed by atoms with van der Waals surface area (Å²) in [6, 6.07) is 10.7. The van der Waals surface area contributed by atoms with Crippen LogP contribution in [0.15, 0.2) is 53.2 Å². The Hall–Kier alpha value is -3.08. The number of aryl methyl sites for hydroxylation is 1. The van der Waals surface area contributed by atoms with E-state index in [0.29, 0.717) is 5.76 Å². The standard InChI is InChI=1S/C22H20FN3O/c23-16-7-5-14(6-8-16)21-20(22-25-10-11-26-22)17-12-15-4-2-1-3-9-24-18(15)13-19(17)27-21/h5-8,10-13,24H,1-4,9H2,(H,25,26). The molecule has 0 saturated carbocycles. The van der Waals surface area contributed by atoms with E-state index < -0.39 is 0 Å². The Balaban J connectivity index is 1.76. The monoisotopic (exact) mass is 361 g/mol. The Morgan fingerprint density at radius 3 is 2.74 bits per heavy atom. The highest BCUT2D eigenvalue weighted by atomic mass is 19.1. The highest BCUT2D eigenvalue weighted by molar-refractivity contribution is 6.01. The van der Waals surface area contributed by atoms with Crippen molar-refractivity contribution in [2.75, 3.05) is 11.9 Å². The number of aromatic amines is 1. The van der Waals surface area contributed by atoms with Gasteiger partial charge >= 0.3 is 0 Å². The number of aromatic nitrogens is 2. The number of imidazole rings is 1. The number of nitrogens with one attached hydrogen (secondary N) is 2. The van der Waals surface area contributed by atoms with Gasteiger partial charge in [0.1, 0.15) is 23.0 Å². The lowest BCUT2D eigenvalue weighted by atomic mass is 9.98. The van der Waals surface area contributed by atoms with Crippen LogP contribution in [0.25, 0.3) is 33.7 Å². The van der Waals surface area contributed by atoms with Crippen molar-refractivity contribution in [1.29, 1.82) is 0 Å². The van der Waals surface area contributed by atoms with Crippen LogP contribution in [0.2, 0.25) is 0 Å². The second-order valence-electron chi connectivity index (χ2n) is 6.99. The van der Waals surface area contributed by atoms with E-state index in [4.69, 9.17) is 4.42 Å². The van der Waals surface area contributed by atoms with E-state index in [1.807, 2.05) is 0 Å². The molecule has 5 heteroatoms. The molecule has 0 bridgehead atoms. The van der Waals surface area contributed by atoms with Crippen molar-refractivity contribution in [3.63, 3.8) is 0 Å². The lowest BCUT2D eigenvalue weighted by Gasteiger charge is -2.15. The van der Waals surface area contributed by atoms with Gasteiger partial charge < -0.3 is 14.7 Å². The second kappa shape index (κ2) is 6.58. The number of hydrogen-bond donors (Lipinski definition) is 2. The van der Waals surface area contributed by atoms with E-state index in [-0.39, 0.29) is 5.82 Å². The number of rotatable bonds is 2. The minimum Gasteiger partial charge on any atom is -0.455 e. The summed E-state index contributed by atoms with van der Waals surface area (Å²) in [5.74, 6) is 1.20. The summed E-state index contributed by atoms with van der Waals surface area (Å²) in [4.78, 5) is 7.65. The molecule has 0 amide bonds. The number of hydrogen-bond acceptors (Lipinski definition) is 3. The molecule has 4 nitrogen and oxygen atoms in total. The van der Waals surface area contributed by atoms with E-state index in [2.05, 4.69) is 27.4 Å². The molecule has 27 heavy (non-hydrogen) atoms. The largest absolute Gasteiger partial charge is 0.455 e. The quantitative estimate of drug-likeness (QED) is 0.477. The van der Waals surface area contributed by atoms with Crippen LogP contribution < -0.4 is 5.32 Å². The maximum absolute atomic E-state index is 13.4. The molecule has 4 aromatic rings. The van der Waals surface area contributed by atoms with Crippen molar-refractivity contribution in [2.24, 2.45) is 0 Å². The van der Waals surface area contributed by atoms with E-state index in [9.17, 15) is 4.39 Å². The molecule has 0 unspecified atom stereocenters. The summed E-state index contributed by atoms with van der Waals surface area (Å²) in [5.41, 5.74) is 5.02. The van der Waals surface area contributed by atoms with Gasteiger partial charge in [0.05, 0.1) is 5.56 Å². The first kappa shape index (κ1) is 16.1. The van der Waals surface area contributed by atoms with Gasteiger partial charge in [0, 0.05) is 41.6 Å². The molecule has 0 fully saturated rings. The Bertz CT molecular complexity index is 1080. The summed E-state index contributed by atoms with van der Waals surface area (Å²) in [6.45, 7) is 0.981. The molecule has 2 aromatic heterocycles. The fourth-order valence-electron chi connectivity index (χ4n) is 3.84. The summed E-state index contributed by atoms with van der Waals surface area (Å²) in [7, 11) is 0. The van der Waals surface area contributed by atoms with E-state index in [0.717, 1.165) is 46.6 Å². The molecule has 0 saturated heterocycles. The molecule has 1 aliphatic heterocycles. The lowest BCUT2D eigenvalue weighted by Crippen LogP contribution is -2.07. The zero-order valence-electron chi connectivity index (χ0n) is 14.9. The van der Waals surface area contributed by atoms with E-state index >= 15 is 0 Å². The van der Waals surface area contributed by atoms with Gasteiger partial charge in [-0.15, -0.1) is 0 Å². The molecular formula is C22H20FN3O. The summed E-state index contributed by atoms with van der Waals surface area (Å²) in [5, 5.41) is 4.57. The smallest absolute Gasteiger partial charge is 0.146 e. The first-order chi connectivity index (χ1) is 13.3. The second-order valence-corrected chi connectivity index (χ2v) is 6.99. The molecule has 0 spiro atoms. The van der Waals surface area contributed by atoms with Crippen LogP contribution in [0.3, 0.4) is 0 Å². The maximum atomic E-state index is 13.4. The molecule has 0 aliphatic carbocycles. The molecular weight excluding hydrogens is 341 g/mol. The number of nitrogens with zero attached hydrogens (tertiary/aromatic N) is 1. The van der Waals surface area contributed by atoms with Crippen molar-refractivity contribution in [3.8, 4) is 22.7 Å². The molecule has 5 rings (SSSR count). The number of fused-ring (bicyclic) bond motifs is 2. The predicted octanol–water partition coefficient (Wildman–Crippen LogP) is 5.77. The molecule has 2 aromatic carbocycles. The first-order valence-electron chi connectivity index (χ1n) is 9.38. The highest BCUT2D eigenvalue weighted by Crippen LogP contribution is 2.41.